The minimum absolute atomic E-state index is 0.149. The number of hydrogen-bond acceptors (Lipinski definition) is 3. The highest BCUT2D eigenvalue weighted by molar-refractivity contribution is 5.40. The molecule has 5 heteroatoms. The first-order valence-corrected chi connectivity index (χ1v) is 5.27. The van der Waals surface area contributed by atoms with Gasteiger partial charge in [-0.05, 0) is 11.6 Å². The quantitative estimate of drug-likeness (QED) is 0.645. The average molecular weight is 231 g/mol. The lowest BCUT2D eigenvalue weighted by atomic mass is 10.2. The lowest BCUT2D eigenvalue weighted by Gasteiger charge is -2.04. The summed E-state index contributed by atoms with van der Waals surface area (Å²) in [5, 5.41) is 10.8. The van der Waals surface area contributed by atoms with Crippen molar-refractivity contribution in [2.45, 2.75) is 13.1 Å². The van der Waals surface area contributed by atoms with Crippen molar-refractivity contribution in [3.05, 3.63) is 64.0 Å². The van der Waals surface area contributed by atoms with E-state index in [4.69, 9.17) is 5.73 Å². The molecule has 0 aliphatic heterocycles. The van der Waals surface area contributed by atoms with Crippen molar-refractivity contribution in [3.63, 3.8) is 0 Å². The Morgan fingerprint density at radius 2 is 2.06 bits per heavy atom. The molecule has 0 unspecified atom stereocenters. The molecule has 2 N–H and O–H groups in total. The molecule has 0 spiro atoms. The van der Waals surface area contributed by atoms with Crippen LogP contribution in [-0.2, 0) is 13.1 Å². The Labute approximate surface area is 98.6 Å². The number of rotatable bonds is 4. The zero-order chi connectivity index (χ0) is 12.3. The van der Waals surface area contributed by atoms with E-state index in [1.807, 2.05) is 23.0 Å². The van der Waals surface area contributed by atoms with Gasteiger partial charge < -0.3 is 10.3 Å². The second-order valence-electron chi connectivity index (χ2n) is 3.78. The molecule has 0 aliphatic rings. The zero-order valence-electron chi connectivity index (χ0n) is 9.24. The molecule has 2 rings (SSSR count). The molecule has 1 aromatic carbocycles. The van der Waals surface area contributed by atoms with E-state index in [0.717, 1.165) is 5.56 Å². The molecule has 5 nitrogen and oxygen atoms in total. The fourth-order valence-corrected chi connectivity index (χ4v) is 1.73. The van der Waals surface area contributed by atoms with Crippen LogP contribution in [0.3, 0.4) is 0 Å². The number of hydrogen-bond donors (Lipinski definition) is 1. The smallest absolute Gasteiger partial charge is 0.274 e. The first-order chi connectivity index (χ1) is 8.20. The molecule has 0 amide bonds. The second-order valence-corrected chi connectivity index (χ2v) is 3.78. The predicted octanol–water partition coefficient (Wildman–Crippen LogP) is 1.90. The molecular formula is C12H13N3O2. The van der Waals surface area contributed by atoms with Crippen molar-refractivity contribution < 1.29 is 4.92 Å². The van der Waals surface area contributed by atoms with Crippen LogP contribution in [-0.4, -0.2) is 9.49 Å². The number of para-hydroxylation sites is 1. The van der Waals surface area contributed by atoms with Crippen LogP contribution >= 0.6 is 0 Å². The minimum atomic E-state index is -0.358. The van der Waals surface area contributed by atoms with Crippen molar-refractivity contribution in [1.82, 2.24) is 4.57 Å². The van der Waals surface area contributed by atoms with Crippen LogP contribution in [0.4, 0.5) is 5.69 Å². The van der Waals surface area contributed by atoms with Crippen LogP contribution < -0.4 is 5.73 Å². The van der Waals surface area contributed by atoms with Gasteiger partial charge >= 0.3 is 0 Å². The Morgan fingerprint density at radius 1 is 1.29 bits per heavy atom. The topological polar surface area (TPSA) is 74.1 Å². The highest BCUT2D eigenvalue weighted by atomic mass is 16.6. The van der Waals surface area contributed by atoms with E-state index in [0.29, 0.717) is 18.7 Å². The lowest BCUT2D eigenvalue weighted by Crippen LogP contribution is -2.01. The third-order valence-electron chi connectivity index (χ3n) is 2.59. The van der Waals surface area contributed by atoms with Gasteiger partial charge in [0.05, 0.1) is 11.5 Å². The molecule has 0 radical (unpaired) electrons. The first-order valence-electron chi connectivity index (χ1n) is 5.27. The molecule has 0 fully saturated rings. The fourth-order valence-electron chi connectivity index (χ4n) is 1.73. The van der Waals surface area contributed by atoms with Crippen LogP contribution in [0.5, 0.6) is 0 Å². The number of nitrogens with zero attached hydrogens (tertiary/aromatic N) is 2. The van der Waals surface area contributed by atoms with Gasteiger partial charge in [-0.3, -0.25) is 10.1 Å². The van der Waals surface area contributed by atoms with E-state index in [-0.39, 0.29) is 10.6 Å². The van der Waals surface area contributed by atoms with Crippen molar-refractivity contribution in [2.24, 2.45) is 5.73 Å². The van der Waals surface area contributed by atoms with Crippen LogP contribution in [0.15, 0.2) is 42.7 Å². The molecule has 88 valence electrons. The number of nitro benzene ring substituents is 1. The molecule has 1 heterocycles. The molecule has 0 saturated carbocycles. The fraction of sp³-hybridized carbons (Fsp3) is 0.167. The van der Waals surface area contributed by atoms with E-state index in [1.54, 1.807) is 18.2 Å². The van der Waals surface area contributed by atoms with Gasteiger partial charge in [0.2, 0.25) is 0 Å². The number of nitrogens with two attached hydrogens (primary N) is 1. The lowest BCUT2D eigenvalue weighted by molar-refractivity contribution is -0.385. The molecule has 0 bridgehead atoms. The molecule has 0 aliphatic carbocycles. The third kappa shape index (κ3) is 2.51. The molecular weight excluding hydrogens is 218 g/mol. The summed E-state index contributed by atoms with van der Waals surface area (Å²) in [7, 11) is 0. The summed E-state index contributed by atoms with van der Waals surface area (Å²) >= 11 is 0. The van der Waals surface area contributed by atoms with Crippen LogP contribution in [0.2, 0.25) is 0 Å². The number of nitro groups is 1. The Morgan fingerprint density at radius 3 is 2.71 bits per heavy atom. The highest BCUT2D eigenvalue weighted by Crippen LogP contribution is 2.19. The monoisotopic (exact) mass is 231 g/mol. The molecule has 17 heavy (non-hydrogen) atoms. The van der Waals surface area contributed by atoms with Crippen LogP contribution in [0.25, 0.3) is 0 Å². The standard InChI is InChI=1S/C12H13N3O2/c13-7-10-5-6-14(8-10)9-11-3-1-2-4-12(11)15(16)17/h1-6,8H,7,9,13H2. The van der Waals surface area contributed by atoms with Crippen molar-refractivity contribution in [1.29, 1.82) is 0 Å². The summed E-state index contributed by atoms with van der Waals surface area (Å²) in [6.45, 7) is 0.959. The average Bonchev–Trinajstić information content (AvgIpc) is 2.77. The van der Waals surface area contributed by atoms with Gasteiger partial charge in [0.15, 0.2) is 0 Å². The zero-order valence-corrected chi connectivity index (χ0v) is 9.24. The van der Waals surface area contributed by atoms with Crippen molar-refractivity contribution in [3.8, 4) is 0 Å². The maximum atomic E-state index is 10.8. The Bertz CT molecular complexity index is 534. The largest absolute Gasteiger partial charge is 0.349 e. The van der Waals surface area contributed by atoms with E-state index < -0.39 is 0 Å². The first kappa shape index (κ1) is 11.3. The second kappa shape index (κ2) is 4.80. The summed E-state index contributed by atoms with van der Waals surface area (Å²) in [6.07, 6.45) is 3.77. The maximum Gasteiger partial charge on any atom is 0.274 e. The van der Waals surface area contributed by atoms with Gasteiger partial charge in [-0.1, -0.05) is 18.2 Å². The van der Waals surface area contributed by atoms with E-state index in [2.05, 4.69) is 0 Å². The third-order valence-corrected chi connectivity index (χ3v) is 2.59. The van der Waals surface area contributed by atoms with Gasteiger partial charge in [-0.15, -0.1) is 0 Å². The van der Waals surface area contributed by atoms with Crippen molar-refractivity contribution >= 4 is 5.69 Å². The SMILES string of the molecule is NCc1ccn(Cc2ccccc2[N+](=O)[O-])c1. The summed E-state index contributed by atoms with van der Waals surface area (Å²) in [6, 6.07) is 8.66. The van der Waals surface area contributed by atoms with Crippen LogP contribution in [0, 0.1) is 10.1 Å². The Hall–Kier alpha value is -2.14. The van der Waals surface area contributed by atoms with Gasteiger partial charge in [-0.2, -0.15) is 0 Å². The summed E-state index contributed by atoms with van der Waals surface area (Å²) in [5.74, 6) is 0. The minimum Gasteiger partial charge on any atom is -0.349 e. The van der Waals surface area contributed by atoms with E-state index in [9.17, 15) is 10.1 Å². The van der Waals surface area contributed by atoms with Crippen LogP contribution in [0.1, 0.15) is 11.1 Å². The normalized spacial score (nSPS) is 10.4. The van der Waals surface area contributed by atoms with Gasteiger partial charge in [0.1, 0.15) is 0 Å². The molecule has 0 saturated heterocycles. The van der Waals surface area contributed by atoms with Gasteiger partial charge in [0, 0.05) is 30.6 Å². The van der Waals surface area contributed by atoms with Crippen molar-refractivity contribution in [2.75, 3.05) is 0 Å². The van der Waals surface area contributed by atoms with E-state index >= 15 is 0 Å². The highest BCUT2D eigenvalue weighted by Gasteiger charge is 2.12. The predicted molar refractivity (Wildman–Crippen MR) is 64.5 cm³/mol. The molecule has 1 aromatic heterocycles. The van der Waals surface area contributed by atoms with Gasteiger partial charge in [-0.25, -0.2) is 0 Å². The summed E-state index contributed by atoms with van der Waals surface area (Å²) in [5.41, 5.74) is 7.37. The Kier molecular flexibility index (Phi) is 3.20. The molecule has 0 atom stereocenters. The Balaban J connectivity index is 2.26. The maximum absolute atomic E-state index is 10.8. The number of benzene rings is 1. The van der Waals surface area contributed by atoms with Gasteiger partial charge in [0.25, 0.3) is 5.69 Å². The summed E-state index contributed by atoms with van der Waals surface area (Å²) < 4.78 is 1.89. The summed E-state index contributed by atoms with van der Waals surface area (Å²) in [4.78, 5) is 10.5. The number of aromatic nitrogens is 1. The van der Waals surface area contributed by atoms with E-state index in [1.165, 1.54) is 6.07 Å². The molecule has 2 aromatic rings.